The lowest BCUT2D eigenvalue weighted by Gasteiger charge is -2.10. The zero-order valence-corrected chi connectivity index (χ0v) is 12.8. The van der Waals surface area contributed by atoms with Gasteiger partial charge in [0, 0.05) is 23.5 Å². The summed E-state index contributed by atoms with van der Waals surface area (Å²) in [6.45, 7) is 2.68. The van der Waals surface area contributed by atoms with Crippen molar-refractivity contribution in [1.29, 1.82) is 0 Å². The fraction of sp³-hybridized carbons (Fsp3) is 0.235. The second-order valence-corrected chi connectivity index (χ2v) is 4.59. The summed E-state index contributed by atoms with van der Waals surface area (Å²) in [7, 11) is 1.61. The molecule has 0 saturated carbocycles. The first-order valence-electron chi connectivity index (χ1n) is 7.12. The van der Waals surface area contributed by atoms with E-state index in [9.17, 15) is 4.79 Å². The average molecular weight is 300 g/mol. The number of hydrogen-bond donors (Lipinski definition) is 2. The van der Waals surface area contributed by atoms with Gasteiger partial charge in [-0.1, -0.05) is 12.1 Å². The minimum Gasteiger partial charge on any atom is -0.497 e. The van der Waals surface area contributed by atoms with Crippen LogP contribution in [-0.4, -0.2) is 26.2 Å². The number of carbonyl (C=O) groups excluding carboxylic acids is 1. The minimum absolute atomic E-state index is 0.128. The predicted molar refractivity (Wildman–Crippen MR) is 87.7 cm³/mol. The van der Waals surface area contributed by atoms with E-state index in [2.05, 4.69) is 10.6 Å². The SMILES string of the molecule is CCOc1cccc(NC(=O)CNc2cccc(OC)c2)c1. The number of benzene rings is 2. The molecule has 2 rings (SSSR count). The minimum atomic E-state index is -0.128. The number of methoxy groups -OCH3 is 1. The first kappa shape index (κ1) is 15.7. The van der Waals surface area contributed by atoms with Gasteiger partial charge in [0.15, 0.2) is 0 Å². The molecule has 2 N–H and O–H groups in total. The highest BCUT2D eigenvalue weighted by Gasteiger charge is 2.04. The lowest BCUT2D eigenvalue weighted by molar-refractivity contribution is -0.114. The molecule has 0 bridgehead atoms. The number of rotatable bonds is 7. The molecule has 0 aliphatic carbocycles. The highest BCUT2D eigenvalue weighted by atomic mass is 16.5. The van der Waals surface area contributed by atoms with Crippen LogP contribution in [0, 0.1) is 0 Å². The van der Waals surface area contributed by atoms with Crippen molar-refractivity contribution < 1.29 is 14.3 Å². The molecule has 0 aromatic heterocycles. The van der Waals surface area contributed by atoms with Crippen molar-refractivity contribution in [1.82, 2.24) is 0 Å². The van der Waals surface area contributed by atoms with E-state index in [-0.39, 0.29) is 12.5 Å². The zero-order valence-electron chi connectivity index (χ0n) is 12.8. The van der Waals surface area contributed by atoms with Crippen molar-refractivity contribution in [2.45, 2.75) is 6.92 Å². The highest BCUT2D eigenvalue weighted by Crippen LogP contribution is 2.18. The summed E-state index contributed by atoms with van der Waals surface area (Å²) in [5, 5.41) is 5.88. The Hall–Kier alpha value is -2.69. The van der Waals surface area contributed by atoms with Gasteiger partial charge in [0.2, 0.25) is 5.91 Å². The van der Waals surface area contributed by atoms with E-state index in [1.807, 2.05) is 49.4 Å². The summed E-state index contributed by atoms with van der Waals surface area (Å²) in [4.78, 5) is 12.0. The smallest absolute Gasteiger partial charge is 0.243 e. The molecule has 0 fully saturated rings. The zero-order chi connectivity index (χ0) is 15.8. The van der Waals surface area contributed by atoms with E-state index in [0.717, 1.165) is 17.2 Å². The van der Waals surface area contributed by atoms with E-state index in [1.165, 1.54) is 0 Å². The lowest BCUT2D eigenvalue weighted by Crippen LogP contribution is -2.21. The second-order valence-electron chi connectivity index (χ2n) is 4.59. The third-order valence-electron chi connectivity index (χ3n) is 2.95. The maximum absolute atomic E-state index is 12.0. The topological polar surface area (TPSA) is 59.6 Å². The second kappa shape index (κ2) is 7.93. The summed E-state index contributed by atoms with van der Waals surface area (Å²) < 4.78 is 10.5. The summed E-state index contributed by atoms with van der Waals surface area (Å²) in [5.74, 6) is 1.35. The maximum Gasteiger partial charge on any atom is 0.243 e. The number of ether oxygens (including phenoxy) is 2. The maximum atomic E-state index is 12.0. The Kier molecular flexibility index (Phi) is 5.65. The first-order valence-corrected chi connectivity index (χ1v) is 7.12. The van der Waals surface area contributed by atoms with Gasteiger partial charge in [-0.25, -0.2) is 0 Å². The molecule has 22 heavy (non-hydrogen) atoms. The summed E-state index contributed by atoms with van der Waals surface area (Å²) in [5.41, 5.74) is 1.54. The number of anilines is 2. The third kappa shape index (κ3) is 4.70. The Labute approximate surface area is 130 Å². The Balaban J connectivity index is 1.88. The van der Waals surface area contributed by atoms with Gasteiger partial charge in [0.1, 0.15) is 11.5 Å². The molecule has 5 nitrogen and oxygen atoms in total. The predicted octanol–water partition coefficient (Wildman–Crippen LogP) is 3.14. The van der Waals surface area contributed by atoms with Crippen molar-refractivity contribution >= 4 is 17.3 Å². The van der Waals surface area contributed by atoms with Crippen LogP contribution in [0.1, 0.15) is 6.92 Å². The van der Waals surface area contributed by atoms with Crippen LogP contribution in [-0.2, 0) is 4.79 Å². The molecular formula is C17H20N2O3. The van der Waals surface area contributed by atoms with Crippen molar-refractivity contribution in [3.63, 3.8) is 0 Å². The fourth-order valence-corrected chi connectivity index (χ4v) is 1.95. The molecule has 5 heteroatoms. The summed E-state index contributed by atoms with van der Waals surface area (Å²) in [6.07, 6.45) is 0. The van der Waals surface area contributed by atoms with Gasteiger partial charge in [-0.2, -0.15) is 0 Å². The Morgan fingerprint density at radius 1 is 1.05 bits per heavy atom. The van der Waals surface area contributed by atoms with E-state index in [1.54, 1.807) is 13.2 Å². The van der Waals surface area contributed by atoms with Crippen LogP contribution in [0.3, 0.4) is 0 Å². The number of hydrogen-bond acceptors (Lipinski definition) is 4. The standard InChI is InChI=1S/C17H20N2O3/c1-3-22-16-9-5-7-14(11-16)19-17(20)12-18-13-6-4-8-15(10-13)21-2/h4-11,18H,3,12H2,1-2H3,(H,19,20). The molecular weight excluding hydrogens is 280 g/mol. The molecule has 0 aliphatic heterocycles. The molecule has 0 saturated heterocycles. The Morgan fingerprint density at radius 2 is 1.73 bits per heavy atom. The molecule has 116 valence electrons. The Bertz CT molecular complexity index is 629. The van der Waals surface area contributed by atoms with Gasteiger partial charge in [-0.15, -0.1) is 0 Å². The van der Waals surface area contributed by atoms with Crippen LogP contribution in [0.25, 0.3) is 0 Å². The van der Waals surface area contributed by atoms with Crippen LogP contribution < -0.4 is 20.1 Å². The van der Waals surface area contributed by atoms with Crippen molar-refractivity contribution in [3.8, 4) is 11.5 Å². The van der Waals surface area contributed by atoms with Crippen LogP contribution in [0.15, 0.2) is 48.5 Å². The van der Waals surface area contributed by atoms with Gasteiger partial charge < -0.3 is 20.1 Å². The highest BCUT2D eigenvalue weighted by molar-refractivity contribution is 5.93. The summed E-state index contributed by atoms with van der Waals surface area (Å²) >= 11 is 0. The van der Waals surface area contributed by atoms with Crippen LogP contribution >= 0.6 is 0 Å². The molecule has 0 heterocycles. The number of nitrogens with one attached hydrogen (secondary N) is 2. The molecule has 0 radical (unpaired) electrons. The van der Waals surface area contributed by atoms with Crippen LogP contribution in [0.5, 0.6) is 11.5 Å². The average Bonchev–Trinajstić information content (AvgIpc) is 2.54. The molecule has 2 aromatic rings. The van der Waals surface area contributed by atoms with E-state index < -0.39 is 0 Å². The van der Waals surface area contributed by atoms with Gasteiger partial charge in [-0.3, -0.25) is 4.79 Å². The van der Waals surface area contributed by atoms with Crippen molar-refractivity contribution in [2.75, 3.05) is 30.9 Å². The number of amides is 1. The van der Waals surface area contributed by atoms with Gasteiger partial charge in [-0.05, 0) is 31.2 Å². The van der Waals surface area contributed by atoms with Crippen LogP contribution in [0.4, 0.5) is 11.4 Å². The van der Waals surface area contributed by atoms with Gasteiger partial charge in [0.25, 0.3) is 0 Å². The summed E-state index contributed by atoms with van der Waals surface area (Å²) in [6, 6.07) is 14.8. The van der Waals surface area contributed by atoms with Crippen molar-refractivity contribution in [2.24, 2.45) is 0 Å². The fourth-order valence-electron chi connectivity index (χ4n) is 1.95. The van der Waals surface area contributed by atoms with Gasteiger partial charge in [0.05, 0.1) is 20.3 Å². The monoisotopic (exact) mass is 300 g/mol. The Morgan fingerprint density at radius 3 is 2.45 bits per heavy atom. The largest absolute Gasteiger partial charge is 0.497 e. The number of carbonyl (C=O) groups is 1. The molecule has 0 spiro atoms. The van der Waals surface area contributed by atoms with Gasteiger partial charge >= 0.3 is 0 Å². The van der Waals surface area contributed by atoms with E-state index in [0.29, 0.717) is 12.3 Å². The third-order valence-corrected chi connectivity index (χ3v) is 2.95. The van der Waals surface area contributed by atoms with E-state index >= 15 is 0 Å². The molecule has 0 unspecified atom stereocenters. The molecule has 0 atom stereocenters. The van der Waals surface area contributed by atoms with Crippen molar-refractivity contribution in [3.05, 3.63) is 48.5 Å². The quantitative estimate of drug-likeness (QED) is 0.824. The van der Waals surface area contributed by atoms with E-state index in [4.69, 9.17) is 9.47 Å². The first-order chi connectivity index (χ1) is 10.7. The normalized spacial score (nSPS) is 9.91. The molecule has 2 aromatic carbocycles. The molecule has 0 aliphatic rings. The molecule has 1 amide bonds. The lowest BCUT2D eigenvalue weighted by atomic mass is 10.3. The van der Waals surface area contributed by atoms with Crippen LogP contribution in [0.2, 0.25) is 0 Å².